The Morgan fingerprint density at radius 2 is 1.59 bits per heavy atom. The summed E-state index contributed by atoms with van der Waals surface area (Å²) in [5.74, 6) is -1.58. The molecule has 0 radical (unpaired) electrons. The van der Waals surface area contributed by atoms with E-state index in [1.54, 1.807) is 6.92 Å². The van der Waals surface area contributed by atoms with Crippen LogP contribution in [0.2, 0.25) is 0 Å². The average Bonchev–Trinajstić information content (AvgIpc) is 3.01. The third kappa shape index (κ3) is 4.65. The molecule has 0 aliphatic rings. The molecule has 0 unspecified atom stereocenters. The van der Waals surface area contributed by atoms with Crippen molar-refractivity contribution < 1.29 is 35.8 Å². The highest BCUT2D eigenvalue weighted by atomic mass is 32.2. The molecule has 0 fully saturated rings. The van der Waals surface area contributed by atoms with Crippen LogP contribution in [0.25, 0.3) is 5.69 Å². The van der Waals surface area contributed by atoms with E-state index in [4.69, 9.17) is 4.55 Å². The Bertz CT molecular complexity index is 1520. The second kappa shape index (κ2) is 8.12. The maximum absolute atomic E-state index is 12.7. The highest BCUT2D eigenvalue weighted by molar-refractivity contribution is 7.86. The van der Waals surface area contributed by atoms with Gasteiger partial charge in [0, 0.05) is 0 Å². The van der Waals surface area contributed by atoms with Crippen LogP contribution in [-0.2, 0) is 20.2 Å². The van der Waals surface area contributed by atoms with Crippen LogP contribution in [0.15, 0.2) is 67.3 Å². The SMILES string of the molecule is Cc1ccc(S(=O)(=O)O)c(N=Nc2c(C(=O)O)[nH]n(-c3ccc(S(=O)(=O)O)cc3)c2=O)c1. The molecule has 3 aromatic rings. The van der Waals surface area contributed by atoms with Crippen LogP contribution in [0, 0.1) is 6.92 Å². The van der Waals surface area contributed by atoms with Crippen LogP contribution >= 0.6 is 0 Å². The van der Waals surface area contributed by atoms with Gasteiger partial charge in [-0.1, -0.05) is 6.07 Å². The van der Waals surface area contributed by atoms with Crippen LogP contribution in [0.4, 0.5) is 11.4 Å². The molecule has 1 heterocycles. The standard InChI is InChI=1S/C17H14N4O9S2/c1-9-2-7-13(32(28,29)30)12(8-9)18-19-14-15(17(23)24)20-21(16(14)22)10-3-5-11(6-4-10)31(25,26)27/h2-8,20H,1H3,(H,23,24)(H,25,26,27)(H,28,29,30). The maximum atomic E-state index is 12.7. The van der Waals surface area contributed by atoms with Crippen molar-refractivity contribution in [1.82, 2.24) is 9.78 Å². The number of carboxylic acid groups (broad SMARTS) is 1. The lowest BCUT2D eigenvalue weighted by Crippen LogP contribution is -2.14. The molecule has 0 spiro atoms. The van der Waals surface area contributed by atoms with Gasteiger partial charge in [0.05, 0.1) is 10.6 Å². The minimum atomic E-state index is -4.68. The average molecular weight is 482 g/mol. The number of aromatic nitrogens is 2. The van der Waals surface area contributed by atoms with Gasteiger partial charge in [-0.15, -0.1) is 10.2 Å². The van der Waals surface area contributed by atoms with E-state index in [1.165, 1.54) is 12.1 Å². The summed E-state index contributed by atoms with van der Waals surface area (Å²) in [6, 6.07) is 7.96. The number of aryl methyl sites for hydroxylation is 1. The van der Waals surface area contributed by atoms with Gasteiger partial charge in [0.25, 0.3) is 25.8 Å². The molecule has 3 rings (SSSR count). The molecule has 15 heteroatoms. The van der Waals surface area contributed by atoms with Crippen molar-refractivity contribution in [1.29, 1.82) is 0 Å². The van der Waals surface area contributed by atoms with E-state index in [2.05, 4.69) is 15.3 Å². The van der Waals surface area contributed by atoms with Crippen molar-refractivity contribution in [2.75, 3.05) is 0 Å². The van der Waals surface area contributed by atoms with Crippen LogP contribution in [0.5, 0.6) is 0 Å². The molecular formula is C17H14N4O9S2. The molecule has 2 aromatic carbocycles. The summed E-state index contributed by atoms with van der Waals surface area (Å²) in [6.45, 7) is 1.61. The fourth-order valence-electron chi connectivity index (χ4n) is 2.65. The molecule has 0 amide bonds. The van der Waals surface area contributed by atoms with E-state index in [-0.39, 0.29) is 11.4 Å². The minimum absolute atomic E-state index is 0.0144. The second-order valence-electron chi connectivity index (χ2n) is 6.40. The van der Waals surface area contributed by atoms with E-state index in [9.17, 15) is 36.1 Å². The molecule has 0 saturated carbocycles. The van der Waals surface area contributed by atoms with E-state index in [1.807, 2.05) is 0 Å². The Morgan fingerprint density at radius 1 is 0.969 bits per heavy atom. The number of rotatable bonds is 6. The van der Waals surface area contributed by atoms with Gasteiger partial charge in [-0.05, 0) is 48.9 Å². The number of H-pyrrole nitrogens is 1. The smallest absolute Gasteiger partial charge is 0.356 e. The van der Waals surface area contributed by atoms with Crippen molar-refractivity contribution in [3.05, 3.63) is 64.1 Å². The molecule has 32 heavy (non-hydrogen) atoms. The highest BCUT2D eigenvalue weighted by Crippen LogP contribution is 2.27. The fourth-order valence-corrected chi connectivity index (χ4v) is 3.73. The number of aromatic carboxylic acids is 1. The van der Waals surface area contributed by atoms with Crippen molar-refractivity contribution >= 4 is 37.6 Å². The largest absolute Gasteiger partial charge is 0.476 e. The fraction of sp³-hybridized carbons (Fsp3) is 0.0588. The summed E-state index contributed by atoms with van der Waals surface area (Å²) >= 11 is 0. The lowest BCUT2D eigenvalue weighted by atomic mass is 10.2. The Kier molecular flexibility index (Phi) is 5.84. The number of carbonyl (C=O) groups is 1. The normalized spacial score (nSPS) is 12.3. The zero-order chi connectivity index (χ0) is 23.8. The summed E-state index contributed by atoms with van der Waals surface area (Å²) < 4.78 is 64.5. The summed E-state index contributed by atoms with van der Waals surface area (Å²) in [7, 11) is -9.16. The zero-order valence-electron chi connectivity index (χ0n) is 16.0. The molecule has 0 saturated heterocycles. The van der Waals surface area contributed by atoms with E-state index in [0.717, 1.165) is 35.0 Å². The molecule has 4 N–H and O–H groups in total. The lowest BCUT2D eigenvalue weighted by molar-refractivity contribution is 0.0690. The molecule has 1 aromatic heterocycles. The van der Waals surface area contributed by atoms with Gasteiger partial charge in [-0.3, -0.25) is 19.0 Å². The minimum Gasteiger partial charge on any atom is -0.476 e. The highest BCUT2D eigenvalue weighted by Gasteiger charge is 2.22. The third-order valence-electron chi connectivity index (χ3n) is 4.12. The molecule has 168 valence electrons. The monoisotopic (exact) mass is 482 g/mol. The topological polar surface area (TPSA) is 209 Å². The van der Waals surface area contributed by atoms with Gasteiger partial charge in [-0.25, -0.2) is 9.48 Å². The number of nitrogens with one attached hydrogen (secondary N) is 1. The Hall–Kier alpha value is -3.66. The Morgan fingerprint density at radius 3 is 2.12 bits per heavy atom. The first-order chi connectivity index (χ1) is 14.8. The zero-order valence-corrected chi connectivity index (χ0v) is 17.6. The van der Waals surface area contributed by atoms with Crippen molar-refractivity contribution in [2.24, 2.45) is 10.2 Å². The van der Waals surface area contributed by atoms with E-state index in [0.29, 0.717) is 5.56 Å². The molecule has 0 aliphatic carbocycles. The quantitative estimate of drug-likeness (QED) is 0.299. The number of aromatic amines is 1. The molecule has 0 atom stereocenters. The van der Waals surface area contributed by atoms with Gasteiger partial charge < -0.3 is 5.11 Å². The molecule has 0 aliphatic heterocycles. The van der Waals surface area contributed by atoms with Gasteiger partial charge >= 0.3 is 5.97 Å². The number of hydrogen-bond donors (Lipinski definition) is 4. The number of carboxylic acids is 1. The van der Waals surface area contributed by atoms with Crippen LogP contribution < -0.4 is 5.56 Å². The van der Waals surface area contributed by atoms with Crippen molar-refractivity contribution in [3.63, 3.8) is 0 Å². The first-order valence-corrected chi connectivity index (χ1v) is 11.3. The summed E-state index contributed by atoms with van der Waals surface area (Å²) in [5, 5.41) is 18.9. The van der Waals surface area contributed by atoms with E-state index >= 15 is 0 Å². The van der Waals surface area contributed by atoms with Gasteiger partial charge in [0.2, 0.25) is 0 Å². The summed E-state index contributed by atoms with van der Waals surface area (Å²) in [6.07, 6.45) is 0. The molecule has 13 nitrogen and oxygen atoms in total. The van der Waals surface area contributed by atoms with Crippen molar-refractivity contribution in [2.45, 2.75) is 16.7 Å². The summed E-state index contributed by atoms with van der Waals surface area (Å²) in [5.41, 5.74) is -2.12. The number of benzene rings is 2. The molecule has 0 bridgehead atoms. The van der Waals surface area contributed by atoms with Gasteiger partial charge in [-0.2, -0.15) is 16.8 Å². The predicted molar refractivity (Wildman–Crippen MR) is 108 cm³/mol. The van der Waals surface area contributed by atoms with E-state index < -0.39 is 52.9 Å². The van der Waals surface area contributed by atoms with Crippen LogP contribution in [0.3, 0.4) is 0 Å². The second-order valence-corrected chi connectivity index (χ2v) is 9.21. The van der Waals surface area contributed by atoms with Gasteiger partial charge in [0.1, 0.15) is 10.6 Å². The van der Waals surface area contributed by atoms with Crippen molar-refractivity contribution in [3.8, 4) is 5.69 Å². The predicted octanol–water partition coefficient (Wildman–Crippen LogP) is 2.08. The third-order valence-corrected chi connectivity index (χ3v) is 5.89. The van der Waals surface area contributed by atoms with Crippen LogP contribution in [-0.4, -0.2) is 46.8 Å². The first-order valence-electron chi connectivity index (χ1n) is 8.45. The molecular weight excluding hydrogens is 468 g/mol. The lowest BCUT2D eigenvalue weighted by Gasteiger charge is -2.02. The first kappa shape index (κ1) is 23.0. The maximum Gasteiger partial charge on any atom is 0.356 e. The number of hydrogen-bond acceptors (Lipinski definition) is 8. The van der Waals surface area contributed by atoms with Gasteiger partial charge in [0.15, 0.2) is 11.4 Å². The number of azo groups is 1. The van der Waals surface area contributed by atoms with Crippen LogP contribution in [0.1, 0.15) is 16.1 Å². The summed E-state index contributed by atoms with van der Waals surface area (Å²) in [4.78, 5) is 23.2. The Balaban J connectivity index is 2.14. The Labute approximate surface area is 180 Å². The number of nitrogens with zero attached hydrogens (tertiary/aromatic N) is 3.